The number of rotatable bonds is 6. The van der Waals surface area contributed by atoms with Gasteiger partial charge in [-0.15, -0.1) is 0 Å². The van der Waals surface area contributed by atoms with Crippen molar-refractivity contribution in [3.05, 3.63) is 64.7 Å². The van der Waals surface area contributed by atoms with Crippen LogP contribution < -0.4 is 4.74 Å². The number of benzene rings is 2. The maximum atomic E-state index is 13.0. The second-order valence-electron chi connectivity index (χ2n) is 12.0. The predicted octanol–water partition coefficient (Wildman–Crippen LogP) is 5.17. The van der Waals surface area contributed by atoms with Gasteiger partial charge in [0.25, 0.3) is 5.91 Å². The van der Waals surface area contributed by atoms with E-state index in [2.05, 4.69) is 49.9 Å². The van der Waals surface area contributed by atoms with E-state index in [4.69, 9.17) is 4.74 Å². The summed E-state index contributed by atoms with van der Waals surface area (Å²) in [4.78, 5) is 41.3. The van der Waals surface area contributed by atoms with Crippen molar-refractivity contribution in [2.75, 3.05) is 13.1 Å². The van der Waals surface area contributed by atoms with Crippen LogP contribution in [0.4, 0.5) is 0 Å². The molecule has 0 aromatic heterocycles. The van der Waals surface area contributed by atoms with Crippen molar-refractivity contribution in [3.63, 3.8) is 0 Å². The molecule has 6 nitrogen and oxygen atoms in total. The lowest BCUT2D eigenvalue weighted by atomic mass is 9.75. The Morgan fingerprint density at radius 2 is 1.62 bits per heavy atom. The number of fused-ring (bicyclic) bond motifs is 1. The average Bonchev–Trinajstić information content (AvgIpc) is 3.20. The zero-order chi connectivity index (χ0) is 26.2. The first-order valence-electron chi connectivity index (χ1n) is 13.6. The minimum absolute atomic E-state index is 0.0365. The van der Waals surface area contributed by atoms with E-state index in [1.165, 1.54) is 18.4 Å². The van der Waals surface area contributed by atoms with Gasteiger partial charge < -0.3 is 9.64 Å². The van der Waals surface area contributed by atoms with Gasteiger partial charge in [0.05, 0.1) is 19.0 Å². The molecule has 2 aromatic rings. The van der Waals surface area contributed by atoms with Crippen LogP contribution in [0.15, 0.2) is 42.5 Å². The molecule has 1 amide bonds. The van der Waals surface area contributed by atoms with Crippen molar-refractivity contribution in [2.45, 2.75) is 78.6 Å². The molecule has 2 aromatic carbocycles. The first-order chi connectivity index (χ1) is 17.7. The van der Waals surface area contributed by atoms with Crippen molar-refractivity contribution in [1.29, 1.82) is 0 Å². The minimum Gasteiger partial charge on any atom is -0.489 e. The van der Waals surface area contributed by atoms with Crippen molar-refractivity contribution in [1.82, 2.24) is 9.80 Å². The molecule has 0 radical (unpaired) electrons. The number of carbonyl (C=O) groups excluding carboxylic acids is 3. The summed E-state index contributed by atoms with van der Waals surface area (Å²) in [6.45, 7) is 11.1. The second-order valence-corrected chi connectivity index (χ2v) is 12.0. The zero-order valence-corrected chi connectivity index (χ0v) is 22.3. The summed E-state index contributed by atoms with van der Waals surface area (Å²) < 4.78 is 6.17. The highest BCUT2D eigenvalue weighted by Crippen LogP contribution is 2.36. The van der Waals surface area contributed by atoms with Crippen LogP contribution in [0, 0.1) is 11.3 Å². The summed E-state index contributed by atoms with van der Waals surface area (Å²) in [5, 5.41) is 0. The van der Waals surface area contributed by atoms with Crippen LogP contribution in [-0.4, -0.2) is 46.4 Å². The number of nitrogens with zero attached hydrogens (tertiary/aromatic N) is 2. The standard InChI is InChI=1S/C31H38N2O4/c1-31(2,3)23-13-15-32(16-14-23)18-21-7-9-22(10-8-21)20-37-29-6-4-5-25-26(29)19-33(30(25)36)27-12-11-24(34)17-28(27)35/h4-10,23,27H,11-20H2,1-3H3. The Hall–Kier alpha value is -2.99. The third kappa shape index (κ3) is 5.64. The SMILES string of the molecule is CC(C)(C)C1CCN(Cc2ccc(COc3cccc4c3CN(C3CCC(=O)CC3=O)C4=O)cc2)CC1. The number of Topliss-reactive ketones (excluding diaryl/α,β-unsaturated/α-hetero) is 2. The number of amides is 1. The molecule has 2 fully saturated rings. The van der Waals surface area contributed by atoms with Gasteiger partial charge in [-0.1, -0.05) is 51.1 Å². The van der Waals surface area contributed by atoms with Crippen LogP contribution in [0.3, 0.4) is 0 Å². The quantitative estimate of drug-likeness (QED) is 0.510. The van der Waals surface area contributed by atoms with Crippen molar-refractivity contribution in [2.24, 2.45) is 11.3 Å². The first kappa shape index (κ1) is 25.7. The molecule has 0 N–H and O–H groups in total. The first-order valence-corrected chi connectivity index (χ1v) is 13.6. The number of hydrogen-bond acceptors (Lipinski definition) is 5. The topological polar surface area (TPSA) is 66.9 Å². The van der Waals surface area contributed by atoms with Crippen LogP contribution >= 0.6 is 0 Å². The average molecular weight is 503 g/mol. The third-order valence-electron chi connectivity index (χ3n) is 8.40. The minimum atomic E-state index is -0.516. The largest absolute Gasteiger partial charge is 0.489 e. The third-order valence-corrected chi connectivity index (χ3v) is 8.40. The van der Waals surface area contributed by atoms with Crippen LogP contribution in [0.25, 0.3) is 0 Å². The Morgan fingerprint density at radius 1 is 0.919 bits per heavy atom. The molecule has 37 heavy (non-hydrogen) atoms. The van der Waals surface area contributed by atoms with E-state index in [0.29, 0.717) is 42.7 Å². The molecule has 5 rings (SSSR count). The van der Waals surface area contributed by atoms with Gasteiger partial charge in [0.2, 0.25) is 0 Å². The fraction of sp³-hybridized carbons (Fsp3) is 0.516. The lowest BCUT2D eigenvalue weighted by Gasteiger charge is -2.38. The van der Waals surface area contributed by atoms with Gasteiger partial charge >= 0.3 is 0 Å². The number of ketones is 2. The van der Waals surface area contributed by atoms with Gasteiger partial charge in [0.1, 0.15) is 18.1 Å². The van der Waals surface area contributed by atoms with E-state index < -0.39 is 6.04 Å². The molecule has 1 aliphatic carbocycles. The van der Waals surface area contributed by atoms with Crippen molar-refractivity contribution in [3.8, 4) is 5.75 Å². The Balaban J connectivity index is 1.17. The molecule has 6 heteroatoms. The number of piperidine rings is 1. The molecule has 2 heterocycles. The molecular weight excluding hydrogens is 464 g/mol. The Morgan fingerprint density at radius 3 is 2.30 bits per heavy atom. The monoisotopic (exact) mass is 502 g/mol. The molecule has 3 aliphatic rings. The Kier molecular flexibility index (Phi) is 7.21. The van der Waals surface area contributed by atoms with Crippen LogP contribution in [0.2, 0.25) is 0 Å². The van der Waals surface area contributed by atoms with Gasteiger partial charge in [0.15, 0.2) is 5.78 Å². The molecular formula is C31H38N2O4. The summed E-state index contributed by atoms with van der Waals surface area (Å²) in [6, 6.07) is 13.6. The summed E-state index contributed by atoms with van der Waals surface area (Å²) in [7, 11) is 0. The second kappa shape index (κ2) is 10.4. The lowest BCUT2D eigenvalue weighted by Crippen LogP contribution is -2.44. The zero-order valence-electron chi connectivity index (χ0n) is 22.3. The molecule has 2 aliphatic heterocycles. The molecule has 1 atom stereocenters. The van der Waals surface area contributed by atoms with E-state index in [0.717, 1.165) is 36.7 Å². The van der Waals surface area contributed by atoms with Gasteiger partial charge in [-0.05, 0) is 66.9 Å². The molecule has 1 saturated heterocycles. The van der Waals surface area contributed by atoms with Gasteiger partial charge in [-0.3, -0.25) is 19.3 Å². The number of likely N-dealkylation sites (tertiary alicyclic amines) is 1. The molecule has 196 valence electrons. The fourth-order valence-electron chi connectivity index (χ4n) is 6.02. The molecule has 1 saturated carbocycles. The number of ether oxygens (including phenoxy) is 1. The molecule has 1 unspecified atom stereocenters. The smallest absolute Gasteiger partial charge is 0.255 e. The van der Waals surface area contributed by atoms with E-state index in [9.17, 15) is 14.4 Å². The Labute approximate surface area is 220 Å². The summed E-state index contributed by atoms with van der Waals surface area (Å²) >= 11 is 0. The molecule has 0 spiro atoms. The van der Waals surface area contributed by atoms with Crippen LogP contribution in [-0.2, 0) is 29.3 Å². The fourth-order valence-corrected chi connectivity index (χ4v) is 6.02. The lowest BCUT2D eigenvalue weighted by molar-refractivity contribution is -0.133. The van der Waals surface area contributed by atoms with Gasteiger partial charge in [-0.2, -0.15) is 0 Å². The summed E-state index contributed by atoms with van der Waals surface area (Å²) in [5.74, 6) is 1.14. The maximum absolute atomic E-state index is 13.0. The van der Waals surface area contributed by atoms with Crippen molar-refractivity contribution < 1.29 is 19.1 Å². The summed E-state index contributed by atoms with van der Waals surface area (Å²) in [6.07, 6.45) is 3.23. The highest BCUT2D eigenvalue weighted by molar-refractivity contribution is 6.07. The van der Waals surface area contributed by atoms with Crippen LogP contribution in [0.1, 0.15) is 79.9 Å². The van der Waals surface area contributed by atoms with Crippen molar-refractivity contribution >= 4 is 17.5 Å². The predicted molar refractivity (Wildman–Crippen MR) is 142 cm³/mol. The Bertz CT molecular complexity index is 1170. The normalized spacial score (nSPS) is 21.4. The molecule has 0 bridgehead atoms. The van der Waals surface area contributed by atoms with E-state index >= 15 is 0 Å². The highest BCUT2D eigenvalue weighted by Gasteiger charge is 2.40. The summed E-state index contributed by atoms with van der Waals surface area (Å²) in [5.41, 5.74) is 4.21. The van der Waals surface area contributed by atoms with E-state index in [1.54, 1.807) is 11.0 Å². The van der Waals surface area contributed by atoms with Gasteiger partial charge in [-0.25, -0.2) is 0 Å². The number of carbonyl (C=O) groups is 3. The van der Waals surface area contributed by atoms with Crippen LogP contribution in [0.5, 0.6) is 5.75 Å². The maximum Gasteiger partial charge on any atom is 0.255 e. The number of hydrogen-bond donors (Lipinski definition) is 0. The van der Waals surface area contributed by atoms with E-state index in [-0.39, 0.29) is 23.9 Å². The van der Waals surface area contributed by atoms with Gasteiger partial charge in [0, 0.05) is 24.1 Å². The highest BCUT2D eigenvalue weighted by atomic mass is 16.5. The van der Waals surface area contributed by atoms with E-state index in [1.807, 2.05) is 12.1 Å².